The maximum Gasteiger partial charge on any atom is 0.238 e. The van der Waals surface area contributed by atoms with Gasteiger partial charge in [0.15, 0.2) is 9.84 Å². The summed E-state index contributed by atoms with van der Waals surface area (Å²) >= 11 is 0. The standard InChI is InChI=1S/C13H20N2O4S/c1-9(2)19-13-11(6-5-7-14-13)8-15-12(16)10(3)20(4,17)18/h5-7,9-10H,8H2,1-4H3,(H,15,16). The lowest BCUT2D eigenvalue weighted by atomic mass is 10.2. The van der Waals surface area contributed by atoms with Crippen LogP contribution in [0.5, 0.6) is 5.88 Å². The van der Waals surface area contributed by atoms with Crippen molar-refractivity contribution in [3.8, 4) is 5.88 Å². The number of hydrogen-bond donors (Lipinski definition) is 1. The highest BCUT2D eigenvalue weighted by molar-refractivity contribution is 7.92. The molecule has 0 spiro atoms. The van der Waals surface area contributed by atoms with Crippen LogP contribution in [0.25, 0.3) is 0 Å². The molecule has 0 aliphatic carbocycles. The number of nitrogens with zero attached hydrogens (tertiary/aromatic N) is 1. The summed E-state index contributed by atoms with van der Waals surface area (Å²) in [5.41, 5.74) is 0.704. The second-order valence-corrected chi connectivity index (χ2v) is 7.19. The van der Waals surface area contributed by atoms with E-state index in [1.54, 1.807) is 18.3 Å². The van der Waals surface area contributed by atoms with E-state index < -0.39 is 21.0 Å². The maximum atomic E-state index is 11.7. The molecule has 0 fully saturated rings. The fraction of sp³-hybridized carbons (Fsp3) is 0.538. The predicted octanol–water partition coefficient (Wildman–Crippen LogP) is 0.918. The Bertz CT molecular complexity index is 569. The normalized spacial score (nSPS) is 13.1. The number of hydrogen-bond acceptors (Lipinski definition) is 5. The zero-order valence-corrected chi connectivity index (χ0v) is 12.9. The predicted molar refractivity (Wildman–Crippen MR) is 76.2 cm³/mol. The third kappa shape index (κ3) is 4.80. The molecule has 1 aromatic heterocycles. The average molecular weight is 300 g/mol. The first-order valence-electron chi connectivity index (χ1n) is 6.29. The zero-order chi connectivity index (χ0) is 15.3. The van der Waals surface area contributed by atoms with Crippen LogP contribution in [0.4, 0.5) is 0 Å². The molecule has 0 saturated carbocycles. The van der Waals surface area contributed by atoms with Crippen LogP contribution in [0, 0.1) is 0 Å². The molecule has 1 atom stereocenters. The van der Waals surface area contributed by atoms with Crippen LogP contribution < -0.4 is 10.1 Å². The number of carbonyl (C=O) groups is 1. The molecule has 0 radical (unpaired) electrons. The highest BCUT2D eigenvalue weighted by atomic mass is 32.2. The second-order valence-electron chi connectivity index (χ2n) is 4.82. The van der Waals surface area contributed by atoms with Gasteiger partial charge in [-0.3, -0.25) is 4.79 Å². The third-order valence-corrected chi connectivity index (χ3v) is 4.16. The summed E-state index contributed by atoms with van der Waals surface area (Å²) in [6, 6.07) is 3.50. The van der Waals surface area contributed by atoms with Gasteiger partial charge in [-0.1, -0.05) is 6.07 Å². The quantitative estimate of drug-likeness (QED) is 0.844. The van der Waals surface area contributed by atoms with Crippen LogP contribution in [-0.2, 0) is 21.2 Å². The van der Waals surface area contributed by atoms with E-state index in [0.717, 1.165) is 6.26 Å². The smallest absolute Gasteiger partial charge is 0.238 e. The highest BCUT2D eigenvalue weighted by Gasteiger charge is 2.23. The summed E-state index contributed by atoms with van der Waals surface area (Å²) in [7, 11) is -3.39. The zero-order valence-electron chi connectivity index (χ0n) is 12.1. The first kappa shape index (κ1) is 16.4. The van der Waals surface area contributed by atoms with Crippen molar-refractivity contribution in [2.24, 2.45) is 0 Å². The Hall–Kier alpha value is -1.63. The van der Waals surface area contributed by atoms with Gasteiger partial charge in [0.2, 0.25) is 11.8 Å². The lowest BCUT2D eigenvalue weighted by molar-refractivity contribution is -0.120. The molecule has 112 valence electrons. The van der Waals surface area contributed by atoms with Gasteiger partial charge in [-0.25, -0.2) is 13.4 Å². The molecule has 1 rings (SSSR count). The van der Waals surface area contributed by atoms with E-state index in [1.807, 2.05) is 13.8 Å². The minimum Gasteiger partial charge on any atom is -0.475 e. The summed E-state index contributed by atoms with van der Waals surface area (Å²) in [6.45, 7) is 5.29. The highest BCUT2D eigenvalue weighted by Crippen LogP contribution is 2.15. The van der Waals surface area contributed by atoms with Crippen molar-refractivity contribution >= 4 is 15.7 Å². The van der Waals surface area contributed by atoms with Crippen LogP contribution in [0.2, 0.25) is 0 Å². The number of carbonyl (C=O) groups excluding carboxylic acids is 1. The van der Waals surface area contributed by atoms with E-state index in [9.17, 15) is 13.2 Å². The van der Waals surface area contributed by atoms with Gasteiger partial charge < -0.3 is 10.1 Å². The molecule has 1 amide bonds. The summed E-state index contributed by atoms with van der Waals surface area (Å²) in [6.07, 6.45) is 2.60. The number of aromatic nitrogens is 1. The van der Waals surface area contributed by atoms with E-state index in [0.29, 0.717) is 11.4 Å². The van der Waals surface area contributed by atoms with Gasteiger partial charge >= 0.3 is 0 Å². The molecule has 0 aliphatic heterocycles. The van der Waals surface area contributed by atoms with Crippen LogP contribution in [0.15, 0.2) is 18.3 Å². The summed E-state index contributed by atoms with van der Waals surface area (Å²) in [5, 5.41) is 1.51. The van der Waals surface area contributed by atoms with Crippen molar-refractivity contribution < 1.29 is 17.9 Å². The van der Waals surface area contributed by atoms with Gasteiger partial charge in [-0.05, 0) is 26.8 Å². The topological polar surface area (TPSA) is 85.4 Å². The Labute approximate surface area is 119 Å². The molecule has 1 N–H and O–H groups in total. The van der Waals surface area contributed by atoms with E-state index in [4.69, 9.17) is 4.74 Å². The lowest BCUT2D eigenvalue weighted by Crippen LogP contribution is -2.37. The molecule has 1 aromatic rings. The van der Waals surface area contributed by atoms with E-state index >= 15 is 0 Å². The molecule has 0 saturated heterocycles. The Morgan fingerprint density at radius 3 is 2.60 bits per heavy atom. The number of sulfone groups is 1. The van der Waals surface area contributed by atoms with Crippen LogP contribution in [0.3, 0.4) is 0 Å². The fourth-order valence-corrected chi connectivity index (χ4v) is 1.88. The van der Waals surface area contributed by atoms with E-state index in [-0.39, 0.29) is 12.6 Å². The van der Waals surface area contributed by atoms with E-state index in [2.05, 4.69) is 10.3 Å². The van der Waals surface area contributed by atoms with Crippen molar-refractivity contribution in [2.75, 3.05) is 6.26 Å². The molecule has 0 aliphatic rings. The molecular weight excluding hydrogens is 280 g/mol. The molecule has 7 heteroatoms. The Kier molecular flexibility index (Phi) is 5.50. The molecule has 6 nitrogen and oxygen atoms in total. The summed E-state index contributed by atoms with van der Waals surface area (Å²) in [5.74, 6) is -0.0957. The van der Waals surface area contributed by atoms with Crippen LogP contribution >= 0.6 is 0 Å². The van der Waals surface area contributed by atoms with Gasteiger partial charge in [-0.2, -0.15) is 0 Å². The van der Waals surface area contributed by atoms with Gasteiger partial charge in [0.25, 0.3) is 0 Å². The Balaban J connectivity index is 2.73. The molecule has 1 heterocycles. The largest absolute Gasteiger partial charge is 0.475 e. The summed E-state index contributed by atoms with van der Waals surface area (Å²) < 4.78 is 28.1. The Morgan fingerprint density at radius 2 is 2.05 bits per heavy atom. The van der Waals surface area contributed by atoms with Gasteiger partial charge in [0.1, 0.15) is 5.25 Å². The SMILES string of the molecule is CC(C)Oc1ncccc1CNC(=O)C(C)S(C)(=O)=O. The monoisotopic (exact) mass is 300 g/mol. The van der Waals surface area contributed by atoms with Gasteiger partial charge in [0, 0.05) is 24.6 Å². The number of pyridine rings is 1. The lowest BCUT2D eigenvalue weighted by Gasteiger charge is -2.14. The second kappa shape index (κ2) is 6.69. The minimum atomic E-state index is -3.39. The number of rotatable bonds is 6. The fourth-order valence-electron chi connectivity index (χ4n) is 1.41. The molecular formula is C13H20N2O4S. The number of ether oxygens (including phenoxy) is 1. The van der Waals surface area contributed by atoms with E-state index in [1.165, 1.54) is 6.92 Å². The maximum absolute atomic E-state index is 11.7. The number of amides is 1. The van der Waals surface area contributed by atoms with Crippen molar-refractivity contribution in [3.63, 3.8) is 0 Å². The third-order valence-electron chi connectivity index (χ3n) is 2.66. The van der Waals surface area contributed by atoms with Crippen molar-refractivity contribution in [1.82, 2.24) is 10.3 Å². The van der Waals surface area contributed by atoms with Crippen LogP contribution in [-0.4, -0.2) is 36.9 Å². The molecule has 20 heavy (non-hydrogen) atoms. The van der Waals surface area contributed by atoms with Crippen molar-refractivity contribution in [2.45, 2.75) is 38.7 Å². The number of nitrogens with one attached hydrogen (secondary N) is 1. The first-order valence-corrected chi connectivity index (χ1v) is 8.24. The van der Waals surface area contributed by atoms with Crippen molar-refractivity contribution in [1.29, 1.82) is 0 Å². The summed E-state index contributed by atoms with van der Waals surface area (Å²) in [4.78, 5) is 15.8. The van der Waals surface area contributed by atoms with Crippen molar-refractivity contribution in [3.05, 3.63) is 23.9 Å². The van der Waals surface area contributed by atoms with Gasteiger partial charge in [0.05, 0.1) is 6.10 Å². The molecule has 1 unspecified atom stereocenters. The first-order chi connectivity index (χ1) is 9.21. The minimum absolute atomic E-state index is 0.0331. The average Bonchev–Trinajstić information content (AvgIpc) is 2.34. The Morgan fingerprint density at radius 1 is 1.40 bits per heavy atom. The van der Waals surface area contributed by atoms with Gasteiger partial charge in [-0.15, -0.1) is 0 Å². The van der Waals surface area contributed by atoms with Crippen LogP contribution in [0.1, 0.15) is 26.3 Å². The molecule has 0 bridgehead atoms. The molecule has 0 aromatic carbocycles.